The van der Waals surface area contributed by atoms with Crippen LogP contribution in [-0.4, -0.2) is 36.0 Å². The number of hydrazone groups is 1. The Morgan fingerprint density at radius 2 is 2.04 bits per heavy atom. The molecule has 5 nitrogen and oxygen atoms in total. The van der Waals surface area contributed by atoms with E-state index in [9.17, 15) is 0 Å². The zero-order valence-electron chi connectivity index (χ0n) is 16.5. The van der Waals surface area contributed by atoms with Gasteiger partial charge in [0.15, 0.2) is 0 Å². The third kappa shape index (κ3) is 6.78. The Kier molecular flexibility index (Phi) is 8.62. The fourth-order valence-electron chi connectivity index (χ4n) is 2.60. The Hall–Kier alpha value is -2.73. The predicted molar refractivity (Wildman–Crippen MR) is 122 cm³/mol. The summed E-state index contributed by atoms with van der Waals surface area (Å²) in [7, 11) is 3.70. The Morgan fingerprint density at radius 1 is 1.29 bits per heavy atom. The van der Waals surface area contributed by atoms with Crippen molar-refractivity contribution in [1.82, 2.24) is 15.3 Å². The van der Waals surface area contributed by atoms with Gasteiger partial charge in [0, 0.05) is 55.2 Å². The third-order valence-corrected chi connectivity index (χ3v) is 4.41. The molecule has 6 heteroatoms. The number of nitrogens with zero attached hydrogens (tertiary/aromatic N) is 4. The van der Waals surface area contributed by atoms with Crippen LogP contribution < -0.4 is 5.32 Å². The zero-order valence-corrected chi connectivity index (χ0v) is 18.1. The SMILES string of the molecule is C=C(Br)/C=N\N(C)/C(=C\C(=N/C)C(C)c1ccccc1)NCc1cccnc1. The van der Waals surface area contributed by atoms with Crippen molar-refractivity contribution in [1.29, 1.82) is 0 Å². The van der Waals surface area contributed by atoms with Crippen LogP contribution in [0.25, 0.3) is 0 Å². The standard InChI is InChI=1S/C22H26BrN5/c1-17(23)14-27-28(4)22(26-16-19-9-8-12-25-15-19)13-21(24-3)18(2)20-10-6-5-7-11-20/h5-15,18,26H,1,16H2,2-4H3/b22-13-,24-21+,27-14-. The molecule has 146 valence electrons. The number of pyridine rings is 1. The lowest BCUT2D eigenvalue weighted by Gasteiger charge is -2.21. The number of rotatable bonds is 9. The number of aliphatic imine (C=N–C) groups is 1. The van der Waals surface area contributed by atoms with Crippen molar-refractivity contribution in [2.24, 2.45) is 10.1 Å². The van der Waals surface area contributed by atoms with Gasteiger partial charge < -0.3 is 5.32 Å². The van der Waals surface area contributed by atoms with Gasteiger partial charge in [-0.15, -0.1) is 0 Å². The van der Waals surface area contributed by atoms with Gasteiger partial charge in [0.25, 0.3) is 0 Å². The van der Waals surface area contributed by atoms with Crippen molar-refractivity contribution in [3.05, 3.63) is 88.9 Å². The van der Waals surface area contributed by atoms with Crippen molar-refractivity contribution in [3.8, 4) is 0 Å². The van der Waals surface area contributed by atoms with Gasteiger partial charge in [-0.1, -0.05) is 49.9 Å². The summed E-state index contributed by atoms with van der Waals surface area (Å²) >= 11 is 3.30. The average molecular weight is 440 g/mol. The van der Waals surface area contributed by atoms with E-state index in [2.05, 4.69) is 62.0 Å². The highest BCUT2D eigenvalue weighted by Gasteiger charge is 2.13. The average Bonchev–Trinajstić information content (AvgIpc) is 2.73. The van der Waals surface area contributed by atoms with Crippen molar-refractivity contribution in [3.63, 3.8) is 0 Å². The van der Waals surface area contributed by atoms with Crippen molar-refractivity contribution in [2.45, 2.75) is 19.4 Å². The summed E-state index contributed by atoms with van der Waals surface area (Å²) in [6.45, 7) is 6.57. The van der Waals surface area contributed by atoms with E-state index in [4.69, 9.17) is 0 Å². The van der Waals surface area contributed by atoms with Crippen LogP contribution in [0.2, 0.25) is 0 Å². The van der Waals surface area contributed by atoms with E-state index in [1.54, 1.807) is 17.4 Å². The molecule has 0 fully saturated rings. The second kappa shape index (κ2) is 11.2. The van der Waals surface area contributed by atoms with E-state index >= 15 is 0 Å². The summed E-state index contributed by atoms with van der Waals surface area (Å²) in [5, 5.41) is 9.62. The van der Waals surface area contributed by atoms with Crippen LogP contribution in [0, 0.1) is 0 Å². The lowest BCUT2D eigenvalue weighted by Crippen LogP contribution is -2.26. The molecule has 2 aromatic rings. The lowest BCUT2D eigenvalue weighted by atomic mass is 9.95. The molecular formula is C22H26BrN5. The minimum absolute atomic E-state index is 0.157. The van der Waals surface area contributed by atoms with Crippen LogP contribution in [0.5, 0.6) is 0 Å². The first-order chi connectivity index (χ1) is 13.5. The number of halogens is 1. The van der Waals surface area contributed by atoms with Crippen molar-refractivity contribution in [2.75, 3.05) is 14.1 Å². The van der Waals surface area contributed by atoms with E-state index < -0.39 is 0 Å². The van der Waals surface area contributed by atoms with E-state index in [1.807, 2.05) is 56.7 Å². The molecule has 28 heavy (non-hydrogen) atoms. The van der Waals surface area contributed by atoms with Gasteiger partial charge in [-0.2, -0.15) is 5.10 Å². The molecular weight excluding hydrogens is 414 g/mol. The van der Waals surface area contributed by atoms with Crippen molar-refractivity contribution >= 4 is 27.9 Å². The summed E-state index contributed by atoms with van der Waals surface area (Å²) in [6.07, 6.45) is 7.29. The fraction of sp³-hybridized carbons (Fsp3) is 0.227. The van der Waals surface area contributed by atoms with Gasteiger partial charge in [0.05, 0.1) is 6.21 Å². The maximum absolute atomic E-state index is 4.52. The van der Waals surface area contributed by atoms with Gasteiger partial charge in [0.2, 0.25) is 0 Å². The van der Waals surface area contributed by atoms with E-state index in [-0.39, 0.29) is 5.92 Å². The van der Waals surface area contributed by atoms with Gasteiger partial charge >= 0.3 is 0 Å². The molecule has 1 N–H and O–H groups in total. The molecule has 0 amide bonds. The minimum atomic E-state index is 0.157. The van der Waals surface area contributed by atoms with E-state index in [0.29, 0.717) is 11.0 Å². The van der Waals surface area contributed by atoms with Crippen LogP contribution in [0.1, 0.15) is 24.0 Å². The number of allylic oxidation sites excluding steroid dienone is 2. The molecule has 0 aliphatic rings. The quantitative estimate of drug-likeness (QED) is 0.454. The van der Waals surface area contributed by atoms with Crippen LogP contribution >= 0.6 is 15.9 Å². The Balaban J connectivity index is 2.27. The molecule has 0 saturated heterocycles. The monoisotopic (exact) mass is 439 g/mol. The normalized spacial score (nSPS) is 13.4. The predicted octanol–water partition coefficient (Wildman–Crippen LogP) is 4.71. The molecule has 0 bridgehead atoms. The van der Waals surface area contributed by atoms with Crippen LogP contribution in [-0.2, 0) is 6.54 Å². The molecule has 0 radical (unpaired) electrons. The highest BCUT2D eigenvalue weighted by atomic mass is 79.9. The highest BCUT2D eigenvalue weighted by molar-refractivity contribution is 9.12. The summed E-state index contributed by atoms with van der Waals surface area (Å²) in [4.78, 5) is 8.69. The second-order valence-corrected chi connectivity index (χ2v) is 7.26. The zero-order chi connectivity index (χ0) is 20.4. The topological polar surface area (TPSA) is 52.9 Å². The van der Waals surface area contributed by atoms with Gasteiger partial charge in [-0.05, 0) is 33.1 Å². The summed E-state index contributed by atoms with van der Waals surface area (Å²) in [6, 6.07) is 14.3. The maximum atomic E-state index is 4.52. The summed E-state index contributed by atoms with van der Waals surface area (Å²) in [5.74, 6) is 0.988. The lowest BCUT2D eigenvalue weighted by molar-refractivity contribution is 0.407. The van der Waals surface area contributed by atoms with Crippen LogP contribution in [0.15, 0.2) is 87.9 Å². The smallest absolute Gasteiger partial charge is 0.124 e. The molecule has 1 heterocycles. The molecule has 0 spiro atoms. The molecule has 1 aromatic carbocycles. The Morgan fingerprint density at radius 3 is 2.64 bits per heavy atom. The Labute approximate surface area is 175 Å². The highest BCUT2D eigenvalue weighted by Crippen LogP contribution is 2.18. The number of hydrogen-bond donors (Lipinski definition) is 1. The van der Waals surface area contributed by atoms with E-state index in [0.717, 1.165) is 17.1 Å². The molecule has 0 aliphatic heterocycles. The molecule has 1 aromatic heterocycles. The number of benzene rings is 1. The first-order valence-electron chi connectivity index (χ1n) is 8.99. The largest absolute Gasteiger partial charge is 0.366 e. The molecule has 1 unspecified atom stereocenters. The number of hydrogen-bond acceptors (Lipinski definition) is 5. The molecule has 0 aliphatic carbocycles. The van der Waals surface area contributed by atoms with E-state index in [1.165, 1.54) is 5.56 Å². The number of nitrogens with one attached hydrogen (secondary N) is 1. The molecule has 0 saturated carbocycles. The first kappa shape index (κ1) is 21.6. The third-order valence-electron chi connectivity index (χ3n) is 4.20. The van der Waals surface area contributed by atoms with Gasteiger partial charge in [-0.3, -0.25) is 15.0 Å². The minimum Gasteiger partial charge on any atom is -0.366 e. The Bertz CT molecular complexity index is 844. The van der Waals surface area contributed by atoms with Crippen LogP contribution in [0.3, 0.4) is 0 Å². The summed E-state index contributed by atoms with van der Waals surface area (Å²) < 4.78 is 0.702. The fourth-order valence-corrected chi connectivity index (χ4v) is 2.69. The van der Waals surface area contributed by atoms with Crippen LogP contribution in [0.4, 0.5) is 0 Å². The molecule has 2 rings (SSSR count). The number of aromatic nitrogens is 1. The molecule has 1 atom stereocenters. The maximum Gasteiger partial charge on any atom is 0.124 e. The summed E-state index contributed by atoms with van der Waals surface area (Å²) in [5.41, 5.74) is 3.26. The second-order valence-electron chi connectivity index (χ2n) is 6.24. The first-order valence-corrected chi connectivity index (χ1v) is 9.78. The van der Waals surface area contributed by atoms with Crippen molar-refractivity contribution < 1.29 is 0 Å². The van der Waals surface area contributed by atoms with Gasteiger partial charge in [-0.25, -0.2) is 0 Å². The van der Waals surface area contributed by atoms with Gasteiger partial charge in [0.1, 0.15) is 5.82 Å².